The van der Waals surface area contributed by atoms with E-state index in [9.17, 15) is 0 Å². The second-order valence-electron chi connectivity index (χ2n) is 2.86. The van der Waals surface area contributed by atoms with Crippen LogP contribution in [-0.2, 0) is 0 Å². The van der Waals surface area contributed by atoms with E-state index < -0.39 is 0 Å². The standard InChI is InChI=1S/C8H14/c1-4-7-5-8(7)6(2)3/h5-6,8H,4H2,1-3H3. The topological polar surface area (TPSA) is 0 Å². The molecule has 0 aromatic rings. The average molecular weight is 110 g/mol. The van der Waals surface area contributed by atoms with Crippen LogP contribution in [0, 0.1) is 11.8 Å². The van der Waals surface area contributed by atoms with Crippen molar-refractivity contribution in [3.8, 4) is 0 Å². The molecule has 0 N–H and O–H groups in total. The summed E-state index contributed by atoms with van der Waals surface area (Å²) in [5.74, 6) is 1.73. The van der Waals surface area contributed by atoms with Gasteiger partial charge in [-0.15, -0.1) is 0 Å². The highest BCUT2D eigenvalue weighted by molar-refractivity contribution is 5.29. The highest BCUT2D eigenvalue weighted by atomic mass is 14.3. The maximum absolute atomic E-state index is 2.38. The molecule has 0 spiro atoms. The smallest absolute Gasteiger partial charge is 0.000276 e. The maximum Gasteiger partial charge on any atom is 0.000276 e. The Balaban J connectivity index is 2.22. The lowest BCUT2D eigenvalue weighted by Crippen LogP contribution is -1.91. The third-order valence-corrected chi connectivity index (χ3v) is 1.84. The molecule has 0 nitrogen and oxygen atoms in total. The predicted octanol–water partition coefficient (Wildman–Crippen LogP) is 2.61. The van der Waals surface area contributed by atoms with Gasteiger partial charge in [-0.05, 0) is 12.3 Å². The summed E-state index contributed by atoms with van der Waals surface area (Å²) >= 11 is 0. The van der Waals surface area contributed by atoms with E-state index in [0.717, 1.165) is 11.8 Å². The van der Waals surface area contributed by atoms with E-state index in [1.165, 1.54) is 6.42 Å². The van der Waals surface area contributed by atoms with Gasteiger partial charge in [-0.25, -0.2) is 0 Å². The van der Waals surface area contributed by atoms with Crippen molar-refractivity contribution in [3.05, 3.63) is 11.6 Å². The summed E-state index contributed by atoms with van der Waals surface area (Å²) in [6.45, 7) is 6.79. The molecule has 0 aromatic heterocycles. The monoisotopic (exact) mass is 110 g/mol. The molecule has 1 unspecified atom stereocenters. The lowest BCUT2D eigenvalue weighted by molar-refractivity contribution is 0.581. The Kier molecular flexibility index (Phi) is 1.41. The highest BCUT2D eigenvalue weighted by Crippen LogP contribution is 2.37. The van der Waals surface area contributed by atoms with Gasteiger partial charge in [-0.3, -0.25) is 0 Å². The van der Waals surface area contributed by atoms with Crippen LogP contribution < -0.4 is 0 Å². The third kappa shape index (κ3) is 0.936. The van der Waals surface area contributed by atoms with Crippen LogP contribution in [0.3, 0.4) is 0 Å². The van der Waals surface area contributed by atoms with Gasteiger partial charge in [-0.1, -0.05) is 32.4 Å². The Morgan fingerprint density at radius 1 is 1.62 bits per heavy atom. The van der Waals surface area contributed by atoms with Crippen LogP contribution in [0.25, 0.3) is 0 Å². The summed E-state index contributed by atoms with van der Waals surface area (Å²) in [6, 6.07) is 0. The number of hydrogen-bond acceptors (Lipinski definition) is 0. The Labute approximate surface area is 51.6 Å². The minimum absolute atomic E-state index is 0.852. The van der Waals surface area contributed by atoms with Crippen molar-refractivity contribution < 1.29 is 0 Å². The molecular formula is C8H14. The van der Waals surface area contributed by atoms with E-state index >= 15 is 0 Å². The molecule has 8 heavy (non-hydrogen) atoms. The first-order chi connectivity index (χ1) is 3.75. The summed E-state index contributed by atoms with van der Waals surface area (Å²) in [5.41, 5.74) is 1.67. The van der Waals surface area contributed by atoms with Gasteiger partial charge in [0.1, 0.15) is 0 Å². The molecule has 0 aliphatic heterocycles. The molecule has 0 radical (unpaired) electrons. The minimum atomic E-state index is 0.852. The molecule has 1 atom stereocenters. The summed E-state index contributed by atoms with van der Waals surface area (Å²) in [7, 11) is 0. The van der Waals surface area contributed by atoms with Crippen LogP contribution in [0.5, 0.6) is 0 Å². The third-order valence-electron chi connectivity index (χ3n) is 1.84. The van der Waals surface area contributed by atoms with Gasteiger partial charge >= 0.3 is 0 Å². The second kappa shape index (κ2) is 1.93. The molecule has 1 aliphatic carbocycles. The summed E-state index contributed by atoms with van der Waals surface area (Å²) in [6.07, 6.45) is 3.65. The van der Waals surface area contributed by atoms with E-state index in [4.69, 9.17) is 0 Å². The van der Waals surface area contributed by atoms with Gasteiger partial charge in [-0.2, -0.15) is 0 Å². The Bertz CT molecular complexity index is 109. The number of hydrogen-bond donors (Lipinski definition) is 0. The molecule has 0 amide bonds. The van der Waals surface area contributed by atoms with Crippen molar-refractivity contribution in [2.24, 2.45) is 11.8 Å². The van der Waals surface area contributed by atoms with Crippen LogP contribution in [-0.4, -0.2) is 0 Å². The SMILES string of the molecule is CCC1=CC1C(C)C. The van der Waals surface area contributed by atoms with E-state index in [-0.39, 0.29) is 0 Å². The first-order valence-corrected chi connectivity index (χ1v) is 3.46. The summed E-state index contributed by atoms with van der Waals surface area (Å²) < 4.78 is 0. The van der Waals surface area contributed by atoms with Crippen LogP contribution in [0.2, 0.25) is 0 Å². The number of allylic oxidation sites excluding steroid dienone is 2. The minimum Gasteiger partial charge on any atom is -0.0773 e. The van der Waals surface area contributed by atoms with Crippen LogP contribution in [0.4, 0.5) is 0 Å². The first kappa shape index (κ1) is 5.87. The van der Waals surface area contributed by atoms with Crippen molar-refractivity contribution in [2.75, 3.05) is 0 Å². The molecule has 46 valence electrons. The highest BCUT2D eigenvalue weighted by Gasteiger charge is 2.24. The predicted molar refractivity (Wildman–Crippen MR) is 36.7 cm³/mol. The van der Waals surface area contributed by atoms with E-state index in [2.05, 4.69) is 26.8 Å². The molecular weight excluding hydrogens is 96.1 g/mol. The molecule has 0 saturated heterocycles. The van der Waals surface area contributed by atoms with Crippen molar-refractivity contribution in [2.45, 2.75) is 27.2 Å². The average Bonchev–Trinajstić information content (AvgIpc) is 2.42. The fourth-order valence-corrected chi connectivity index (χ4v) is 1.16. The van der Waals surface area contributed by atoms with Crippen LogP contribution in [0.15, 0.2) is 11.6 Å². The van der Waals surface area contributed by atoms with Crippen LogP contribution >= 0.6 is 0 Å². The summed E-state index contributed by atoms with van der Waals surface area (Å²) in [5, 5.41) is 0. The van der Waals surface area contributed by atoms with Crippen molar-refractivity contribution in [1.29, 1.82) is 0 Å². The van der Waals surface area contributed by atoms with Crippen molar-refractivity contribution in [3.63, 3.8) is 0 Å². The molecule has 0 heteroatoms. The zero-order valence-corrected chi connectivity index (χ0v) is 5.94. The lowest BCUT2D eigenvalue weighted by Gasteiger charge is -2.00. The molecule has 0 saturated carbocycles. The maximum atomic E-state index is 2.38. The second-order valence-corrected chi connectivity index (χ2v) is 2.86. The van der Waals surface area contributed by atoms with Crippen molar-refractivity contribution >= 4 is 0 Å². The van der Waals surface area contributed by atoms with Gasteiger partial charge in [0.25, 0.3) is 0 Å². The van der Waals surface area contributed by atoms with E-state index in [1.807, 2.05) is 0 Å². The molecule has 0 aromatic carbocycles. The van der Waals surface area contributed by atoms with Crippen molar-refractivity contribution in [1.82, 2.24) is 0 Å². The first-order valence-electron chi connectivity index (χ1n) is 3.46. The van der Waals surface area contributed by atoms with Gasteiger partial charge in [0.2, 0.25) is 0 Å². The Hall–Kier alpha value is -0.260. The van der Waals surface area contributed by atoms with Crippen LogP contribution in [0.1, 0.15) is 27.2 Å². The molecule has 0 bridgehead atoms. The van der Waals surface area contributed by atoms with Gasteiger partial charge in [0.15, 0.2) is 0 Å². The van der Waals surface area contributed by atoms with E-state index in [0.29, 0.717) is 0 Å². The molecule has 0 heterocycles. The fourth-order valence-electron chi connectivity index (χ4n) is 1.16. The zero-order chi connectivity index (χ0) is 6.15. The molecule has 0 fully saturated rings. The lowest BCUT2D eigenvalue weighted by atomic mass is 10.0. The van der Waals surface area contributed by atoms with Gasteiger partial charge in [0, 0.05) is 5.92 Å². The quantitative estimate of drug-likeness (QED) is 0.479. The fraction of sp³-hybridized carbons (Fsp3) is 0.750. The Morgan fingerprint density at radius 2 is 2.25 bits per heavy atom. The van der Waals surface area contributed by atoms with Gasteiger partial charge < -0.3 is 0 Å². The Morgan fingerprint density at radius 3 is 2.38 bits per heavy atom. The number of rotatable bonds is 2. The largest absolute Gasteiger partial charge is 0.0773 e. The summed E-state index contributed by atoms with van der Waals surface area (Å²) in [4.78, 5) is 0. The van der Waals surface area contributed by atoms with E-state index in [1.54, 1.807) is 5.57 Å². The normalized spacial score (nSPS) is 26.0. The van der Waals surface area contributed by atoms with Gasteiger partial charge in [0.05, 0.1) is 0 Å². The molecule has 1 aliphatic rings. The zero-order valence-electron chi connectivity index (χ0n) is 5.94. The molecule has 1 rings (SSSR count).